The summed E-state index contributed by atoms with van der Waals surface area (Å²) in [4.78, 5) is 13.3. The van der Waals surface area contributed by atoms with Crippen LogP contribution in [-0.2, 0) is 11.4 Å². The van der Waals surface area contributed by atoms with Crippen molar-refractivity contribution in [1.82, 2.24) is 9.97 Å². The van der Waals surface area contributed by atoms with E-state index in [-0.39, 0.29) is 0 Å². The molecule has 2 aromatic rings. The second-order valence-corrected chi connectivity index (χ2v) is 5.83. The summed E-state index contributed by atoms with van der Waals surface area (Å²) < 4.78 is 11.7. The van der Waals surface area contributed by atoms with Gasteiger partial charge in [0.1, 0.15) is 37.5 Å². The van der Waals surface area contributed by atoms with Crippen molar-refractivity contribution in [3.63, 3.8) is 0 Å². The molecule has 0 aliphatic rings. The highest BCUT2D eigenvalue weighted by Gasteiger charge is 2.09. The topological polar surface area (TPSA) is 65.8 Å². The van der Waals surface area contributed by atoms with Crippen LogP contribution in [0.15, 0.2) is 41.8 Å². The van der Waals surface area contributed by atoms with E-state index in [1.807, 2.05) is 45.1 Å². The summed E-state index contributed by atoms with van der Waals surface area (Å²) in [5.74, 6) is 2.22. The Morgan fingerprint density at radius 1 is 1.12 bits per heavy atom. The van der Waals surface area contributed by atoms with Crippen molar-refractivity contribution in [3.05, 3.63) is 59.2 Å². The third-order valence-corrected chi connectivity index (χ3v) is 3.66. The maximum Gasteiger partial charge on any atom is 0.176 e. The molecule has 0 spiro atoms. The highest BCUT2D eigenvalue weighted by atomic mass is 16.6. The van der Waals surface area contributed by atoms with Crippen LogP contribution in [0, 0.1) is 13.8 Å². The van der Waals surface area contributed by atoms with E-state index < -0.39 is 0 Å². The van der Waals surface area contributed by atoms with Gasteiger partial charge in [-0.2, -0.15) is 0 Å². The van der Waals surface area contributed by atoms with Gasteiger partial charge in [-0.25, -0.2) is 9.97 Å². The van der Waals surface area contributed by atoms with Crippen molar-refractivity contribution in [2.75, 3.05) is 13.7 Å². The van der Waals surface area contributed by atoms with E-state index >= 15 is 0 Å². The predicted molar refractivity (Wildman–Crippen MR) is 102 cm³/mol. The first-order valence-electron chi connectivity index (χ1n) is 8.42. The molecule has 0 saturated heterocycles. The van der Waals surface area contributed by atoms with E-state index in [0.717, 1.165) is 28.2 Å². The molecule has 0 saturated carbocycles. The van der Waals surface area contributed by atoms with Gasteiger partial charge in [-0.3, -0.25) is 0 Å². The molecule has 2 rings (SSSR count). The van der Waals surface area contributed by atoms with E-state index in [9.17, 15) is 0 Å². The monoisotopic (exact) mass is 355 g/mol. The second kappa shape index (κ2) is 9.56. The van der Waals surface area contributed by atoms with E-state index in [0.29, 0.717) is 24.7 Å². The largest absolute Gasteiger partial charge is 0.490 e. The standard InChI is InChI=1S/C20H25N3O3/c1-6-7-8-25-18-9-14(2)19(15(3)10-18)26-13-17-11-21-20(22-12-17)16(4)23-24-5/h6-7,9-12H,8,13H2,1-5H3/b7-6+,23-16+. The Hall–Kier alpha value is -2.89. The van der Waals surface area contributed by atoms with Crippen LogP contribution in [0.5, 0.6) is 11.5 Å². The molecule has 1 heterocycles. The smallest absolute Gasteiger partial charge is 0.176 e. The van der Waals surface area contributed by atoms with Gasteiger partial charge in [-0.05, 0) is 51.0 Å². The van der Waals surface area contributed by atoms with Crippen molar-refractivity contribution >= 4 is 5.71 Å². The van der Waals surface area contributed by atoms with Gasteiger partial charge in [-0.1, -0.05) is 17.3 Å². The summed E-state index contributed by atoms with van der Waals surface area (Å²) in [5, 5.41) is 3.82. The molecule has 0 aliphatic heterocycles. The molecule has 0 bridgehead atoms. The molecule has 0 radical (unpaired) electrons. The van der Waals surface area contributed by atoms with Crippen LogP contribution in [0.2, 0.25) is 0 Å². The van der Waals surface area contributed by atoms with Crippen LogP contribution >= 0.6 is 0 Å². The molecule has 0 unspecified atom stereocenters. The minimum atomic E-state index is 0.390. The lowest BCUT2D eigenvalue weighted by atomic mass is 10.1. The number of benzene rings is 1. The highest BCUT2D eigenvalue weighted by molar-refractivity contribution is 5.94. The third-order valence-electron chi connectivity index (χ3n) is 3.66. The maximum atomic E-state index is 5.98. The Labute approximate surface area is 154 Å². The molecule has 6 nitrogen and oxygen atoms in total. The van der Waals surface area contributed by atoms with Gasteiger partial charge in [0.15, 0.2) is 5.82 Å². The lowest BCUT2D eigenvalue weighted by Crippen LogP contribution is -2.06. The van der Waals surface area contributed by atoms with Gasteiger partial charge < -0.3 is 14.3 Å². The van der Waals surface area contributed by atoms with Crippen molar-refractivity contribution in [1.29, 1.82) is 0 Å². The van der Waals surface area contributed by atoms with E-state index in [2.05, 4.69) is 15.1 Å². The number of aryl methyl sites for hydroxylation is 2. The Morgan fingerprint density at radius 3 is 2.35 bits per heavy atom. The number of ether oxygens (including phenoxy) is 2. The van der Waals surface area contributed by atoms with E-state index in [4.69, 9.17) is 14.3 Å². The molecular formula is C20H25N3O3. The first kappa shape index (κ1) is 19.4. The SMILES string of the molecule is C/C=C/COc1cc(C)c(OCc2cnc(/C(C)=N/OC)nc2)c(C)c1. The quantitative estimate of drug-likeness (QED) is 0.407. The minimum absolute atomic E-state index is 0.390. The number of nitrogens with zero attached hydrogens (tertiary/aromatic N) is 3. The zero-order valence-corrected chi connectivity index (χ0v) is 15.9. The Bertz CT molecular complexity index is 760. The van der Waals surface area contributed by atoms with Crippen molar-refractivity contribution in [2.45, 2.75) is 34.3 Å². The van der Waals surface area contributed by atoms with Gasteiger partial charge in [0, 0.05) is 18.0 Å². The van der Waals surface area contributed by atoms with Crippen LogP contribution in [0.25, 0.3) is 0 Å². The summed E-state index contributed by atoms with van der Waals surface area (Å²) in [5.41, 5.74) is 3.56. The predicted octanol–water partition coefficient (Wildman–Crippen LogP) is 4.00. The van der Waals surface area contributed by atoms with Crippen LogP contribution in [0.1, 0.15) is 36.4 Å². The van der Waals surface area contributed by atoms with E-state index in [1.54, 1.807) is 19.3 Å². The first-order valence-corrected chi connectivity index (χ1v) is 8.42. The van der Waals surface area contributed by atoms with E-state index in [1.165, 1.54) is 7.11 Å². The first-order chi connectivity index (χ1) is 12.5. The molecular weight excluding hydrogens is 330 g/mol. The Kier molecular flexibility index (Phi) is 7.14. The second-order valence-electron chi connectivity index (χ2n) is 5.83. The summed E-state index contributed by atoms with van der Waals surface area (Å²) in [7, 11) is 1.49. The minimum Gasteiger partial charge on any atom is -0.490 e. The van der Waals surface area contributed by atoms with Crippen molar-refractivity contribution in [2.24, 2.45) is 5.16 Å². The van der Waals surface area contributed by atoms with Gasteiger partial charge in [0.2, 0.25) is 0 Å². The molecule has 0 atom stereocenters. The van der Waals surface area contributed by atoms with Crippen LogP contribution in [0.3, 0.4) is 0 Å². The molecule has 0 amide bonds. The molecule has 1 aromatic carbocycles. The van der Waals surface area contributed by atoms with Crippen LogP contribution in [0.4, 0.5) is 0 Å². The average molecular weight is 355 g/mol. The lowest BCUT2D eigenvalue weighted by Gasteiger charge is -2.14. The molecule has 0 N–H and O–H groups in total. The molecule has 138 valence electrons. The van der Waals surface area contributed by atoms with Gasteiger partial charge in [0.25, 0.3) is 0 Å². The zero-order valence-electron chi connectivity index (χ0n) is 15.9. The zero-order chi connectivity index (χ0) is 18.9. The number of hydrogen-bond donors (Lipinski definition) is 0. The molecule has 26 heavy (non-hydrogen) atoms. The number of rotatable bonds is 8. The van der Waals surface area contributed by atoms with Gasteiger partial charge in [-0.15, -0.1) is 0 Å². The fourth-order valence-electron chi connectivity index (χ4n) is 2.41. The van der Waals surface area contributed by atoms with Crippen LogP contribution < -0.4 is 9.47 Å². The normalized spacial score (nSPS) is 11.7. The lowest BCUT2D eigenvalue weighted by molar-refractivity contribution is 0.213. The summed E-state index contributed by atoms with van der Waals surface area (Å²) in [6.45, 7) is 8.73. The molecule has 6 heteroatoms. The van der Waals surface area contributed by atoms with Crippen molar-refractivity contribution < 1.29 is 14.3 Å². The molecule has 0 aliphatic carbocycles. The van der Waals surface area contributed by atoms with Crippen LogP contribution in [-0.4, -0.2) is 29.4 Å². The fraction of sp³-hybridized carbons (Fsp3) is 0.350. The van der Waals surface area contributed by atoms with Gasteiger partial charge in [0.05, 0.1) is 0 Å². The number of allylic oxidation sites excluding steroid dienone is 1. The Morgan fingerprint density at radius 2 is 1.77 bits per heavy atom. The molecule has 0 fully saturated rings. The number of oxime groups is 1. The Balaban J connectivity index is 2.04. The highest BCUT2D eigenvalue weighted by Crippen LogP contribution is 2.29. The summed E-state index contributed by atoms with van der Waals surface area (Å²) >= 11 is 0. The maximum absolute atomic E-state index is 5.98. The van der Waals surface area contributed by atoms with Gasteiger partial charge >= 0.3 is 0 Å². The summed E-state index contributed by atoms with van der Waals surface area (Å²) in [6.07, 6.45) is 7.40. The third kappa shape index (κ3) is 5.31. The average Bonchev–Trinajstić information content (AvgIpc) is 2.62. The van der Waals surface area contributed by atoms with Crippen molar-refractivity contribution in [3.8, 4) is 11.5 Å². The summed E-state index contributed by atoms with van der Waals surface area (Å²) in [6, 6.07) is 3.96. The fourth-order valence-corrected chi connectivity index (χ4v) is 2.41. The number of hydrogen-bond acceptors (Lipinski definition) is 6. The molecule has 1 aromatic heterocycles. The number of aromatic nitrogens is 2.